The van der Waals surface area contributed by atoms with E-state index in [4.69, 9.17) is 0 Å². The van der Waals surface area contributed by atoms with Gasteiger partial charge in [0.1, 0.15) is 0 Å². The second-order valence-electron chi connectivity index (χ2n) is 6.99. The van der Waals surface area contributed by atoms with Gasteiger partial charge in [-0.25, -0.2) is 4.98 Å². The number of imidazole rings is 1. The highest BCUT2D eigenvalue weighted by molar-refractivity contribution is 6.85. The Hall–Kier alpha value is -2.55. The molecule has 0 aliphatic rings. The van der Waals surface area contributed by atoms with Crippen LogP contribution in [0.5, 0.6) is 0 Å². The van der Waals surface area contributed by atoms with Crippen LogP contribution >= 0.6 is 0 Å². The molecule has 2 nitrogen and oxygen atoms in total. The van der Waals surface area contributed by atoms with E-state index in [0.717, 1.165) is 12.8 Å². The van der Waals surface area contributed by atoms with Gasteiger partial charge in [0.2, 0.25) is 6.71 Å². The molecule has 3 rings (SSSR count). The van der Waals surface area contributed by atoms with E-state index >= 15 is 0 Å². The average Bonchev–Trinajstić information content (AvgIpc) is 3.25. The molecule has 0 radical (unpaired) electrons. The number of aromatic amines is 1. The molecular weight excluding hydrogens is 327 g/mol. The summed E-state index contributed by atoms with van der Waals surface area (Å²) in [7, 11) is 0. The van der Waals surface area contributed by atoms with Gasteiger partial charge in [-0.05, 0) is 18.8 Å². The Kier molecular flexibility index (Phi) is 9.19. The minimum absolute atomic E-state index is 0.504. The summed E-state index contributed by atoms with van der Waals surface area (Å²) in [5.41, 5.74) is 4.03. The Morgan fingerprint density at radius 3 is 1.93 bits per heavy atom. The second-order valence-corrected chi connectivity index (χ2v) is 6.99. The highest BCUT2D eigenvalue weighted by Gasteiger charge is 2.17. The third-order valence-electron chi connectivity index (χ3n) is 4.57. The molecule has 0 amide bonds. The number of nitrogens with one attached hydrogen (secondary N) is 1. The monoisotopic (exact) mass is 358 g/mol. The van der Waals surface area contributed by atoms with Gasteiger partial charge in [-0.2, -0.15) is 0 Å². The highest BCUT2D eigenvalue weighted by atomic mass is 14.9. The maximum atomic E-state index is 3.89. The van der Waals surface area contributed by atoms with Gasteiger partial charge in [0, 0.05) is 11.9 Å². The van der Waals surface area contributed by atoms with Crippen molar-refractivity contribution in [3.05, 3.63) is 91.0 Å². The summed E-state index contributed by atoms with van der Waals surface area (Å²) in [4.78, 5) is 6.91. The summed E-state index contributed by atoms with van der Waals surface area (Å²) in [6.45, 7) is 6.95. The van der Waals surface area contributed by atoms with Gasteiger partial charge in [-0.1, -0.05) is 111 Å². The first-order valence-corrected chi connectivity index (χ1v) is 9.95. The van der Waals surface area contributed by atoms with Crippen LogP contribution in [-0.2, 0) is 0 Å². The predicted molar refractivity (Wildman–Crippen MR) is 119 cm³/mol. The van der Waals surface area contributed by atoms with E-state index in [1.165, 1.54) is 22.9 Å². The van der Waals surface area contributed by atoms with Gasteiger partial charge < -0.3 is 4.98 Å². The number of H-pyrrole nitrogens is 1. The van der Waals surface area contributed by atoms with Crippen molar-refractivity contribution in [3.8, 4) is 0 Å². The minimum Gasteiger partial charge on any atom is -0.348 e. The van der Waals surface area contributed by atoms with E-state index in [2.05, 4.69) is 104 Å². The van der Waals surface area contributed by atoms with E-state index in [1.54, 1.807) is 6.33 Å². The fraction of sp³-hybridized carbons (Fsp3) is 0.292. The standard InChI is InChI=1S/C18H21B.C6H10N2/c1-2-3-4-11-16-19(17-12-7-5-8-13-17)18-14-9-6-10-15-18;1-5(2)6-3-7-4-8-6/h3-10,12-15H,2,11,16H2,1H3;3-5H,1-2H3,(H,7,8). The summed E-state index contributed by atoms with van der Waals surface area (Å²) in [6, 6.07) is 21.6. The van der Waals surface area contributed by atoms with E-state index in [1.807, 2.05) is 6.20 Å². The molecule has 0 bridgehead atoms. The topological polar surface area (TPSA) is 28.7 Å². The molecule has 3 aromatic rings. The molecular formula is C24H31BN2. The van der Waals surface area contributed by atoms with Gasteiger partial charge in [0.25, 0.3) is 0 Å². The highest BCUT2D eigenvalue weighted by Crippen LogP contribution is 2.07. The molecule has 0 saturated carbocycles. The summed E-state index contributed by atoms with van der Waals surface area (Å²) >= 11 is 0. The number of allylic oxidation sites excluding steroid dienone is 2. The SMILES string of the molecule is CC(C)c1cnc[nH]1.CCC=CCCB(c1ccccc1)c1ccccc1. The summed E-state index contributed by atoms with van der Waals surface area (Å²) in [5.74, 6) is 0.567. The smallest absolute Gasteiger partial charge is 0.209 e. The fourth-order valence-corrected chi connectivity index (χ4v) is 3.03. The van der Waals surface area contributed by atoms with Crippen molar-refractivity contribution < 1.29 is 0 Å². The molecule has 0 spiro atoms. The van der Waals surface area contributed by atoms with Crippen LogP contribution in [0.2, 0.25) is 6.32 Å². The molecule has 0 aliphatic carbocycles. The Balaban J connectivity index is 0.000000273. The van der Waals surface area contributed by atoms with Gasteiger partial charge in [0.05, 0.1) is 6.33 Å². The Labute approximate surface area is 164 Å². The zero-order valence-electron chi connectivity index (χ0n) is 16.8. The lowest BCUT2D eigenvalue weighted by Gasteiger charge is -2.13. The third kappa shape index (κ3) is 7.30. The maximum Gasteiger partial charge on any atom is 0.209 e. The van der Waals surface area contributed by atoms with Crippen LogP contribution in [-0.4, -0.2) is 16.7 Å². The number of hydrogen-bond donors (Lipinski definition) is 1. The number of hydrogen-bond acceptors (Lipinski definition) is 1. The van der Waals surface area contributed by atoms with Crippen LogP contribution in [0.25, 0.3) is 0 Å². The van der Waals surface area contributed by atoms with Crippen LogP contribution < -0.4 is 10.9 Å². The molecule has 0 unspecified atom stereocenters. The third-order valence-corrected chi connectivity index (χ3v) is 4.57. The number of rotatable bonds is 7. The van der Waals surface area contributed by atoms with Crippen LogP contribution in [0.4, 0.5) is 0 Å². The van der Waals surface area contributed by atoms with Gasteiger partial charge >= 0.3 is 0 Å². The maximum absolute atomic E-state index is 3.89. The van der Waals surface area contributed by atoms with Crippen molar-refractivity contribution in [1.82, 2.24) is 9.97 Å². The zero-order chi connectivity index (χ0) is 19.3. The first kappa shape index (κ1) is 20.8. The van der Waals surface area contributed by atoms with Crippen LogP contribution in [0.3, 0.4) is 0 Å². The molecule has 27 heavy (non-hydrogen) atoms. The Morgan fingerprint density at radius 2 is 1.52 bits per heavy atom. The normalized spacial score (nSPS) is 10.7. The quantitative estimate of drug-likeness (QED) is 0.457. The van der Waals surface area contributed by atoms with Crippen LogP contribution in [0.1, 0.15) is 45.2 Å². The number of aromatic nitrogens is 2. The molecule has 1 aromatic heterocycles. The lowest BCUT2D eigenvalue weighted by atomic mass is 9.38. The predicted octanol–water partition coefficient (Wildman–Crippen LogP) is 5.19. The molecule has 140 valence electrons. The van der Waals surface area contributed by atoms with Gasteiger partial charge in [-0.15, -0.1) is 0 Å². The largest absolute Gasteiger partial charge is 0.348 e. The van der Waals surface area contributed by atoms with Crippen molar-refractivity contribution in [3.63, 3.8) is 0 Å². The van der Waals surface area contributed by atoms with Crippen LogP contribution in [0.15, 0.2) is 85.3 Å². The minimum atomic E-state index is 0.504. The Bertz CT molecular complexity index is 710. The summed E-state index contributed by atoms with van der Waals surface area (Å²) in [5, 5.41) is 0. The molecule has 3 heteroatoms. The van der Waals surface area contributed by atoms with E-state index in [9.17, 15) is 0 Å². The molecule has 1 heterocycles. The fourth-order valence-electron chi connectivity index (χ4n) is 3.03. The van der Waals surface area contributed by atoms with Gasteiger partial charge in [0.15, 0.2) is 0 Å². The summed E-state index contributed by atoms with van der Waals surface area (Å²) < 4.78 is 0. The first-order chi connectivity index (χ1) is 13.2. The molecule has 1 N–H and O–H groups in total. The molecule has 0 aliphatic heterocycles. The lowest BCUT2D eigenvalue weighted by molar-refractivity contribution is 0.832. The first-order valence-electron chi connectivity index (χ1n) is 9.95. The number of nitrogens with zero attached hydrogens (tertiary/aromatic N) is 1. The Morgan fingerprint density at radius 1 is 0.926 bits per heavy atom. The molecule has 0 atom stereocenters. The van der Waals surface area contributed by atoms with Crippen molar-refractivity contribution in [2.24, 2.45) is 0 Å². The second kappa shape index (κ2) is 12.0. The zero-order valence-corrected chi connectivity index (χ0v) is 16.8. The number of benzene rings is 2. The molecule has 2 aromatic carbocycles. The molecule has 0 saturated heterocycles. The van der Waals surface area contributed by atoms with Crippen molar-refractivity contribution in [2.45, 2.75) is 45.9 Å². The summed E-state index contributed by atoms with van der Waals surface area (Å²) in [6.07, 6.45) is 11.6. The van der Waals surface area contributed by atoms with Crippen LogP contribution in [0, 0.1) is 0 Å². The van der Waals surface area contributed by atoms with Gasteiger partial charge in [-0.3, -0.25) is 0 Å². The van der Waals surface area contributed by atoms with E-state index in [0.29, 0.717) is 12.6 Å². The van der Waals surface area contributed by atoms with Crippen molar-refractivity contribution >= 4 is 17.6 Å². The van der Waals surface area contributed by atoms with Crippen molar-refractivity contribution in [2.75, 3.05) is 0 Å². The van der Waals surface area contributed by atoms with Crippen molar-refractivity contribution in [1.29, 1.82) is 0 Å². The van der Waals surface area contributed by atoms with E-state index < -0.39 is 0 Å². The lowest BCUT2D eigenvalue weighted by Crippen LogP contribution is -2.41. The van der Waals surface area contributed by atoms with E-state index in [-0.39, 0.29) is 0 Å². The average molecular weight is 358 g/mol. The molecule has 0 fully saturated rings.